The molecule has 0 amide bonds. The van der Waals surface area contributed by atoms with Gasteiger partial charge in [0.05, 0.1) is 7.11 Å². The third-order valence-corrected chi connectivity index (χ3v) is 2.55. The van der Waals surface area contributed by atoms with E-state index >= 15 is 0 Å². The largest absolute Gasteiger partial charge is 0.496 e. The topological polar surface area (TPSA) is 26.3 Å². The number of rotatable bonds is 3. The highest BCUT2D eigenvalue weighted by Crippen LogP contribution is 2.28. The molecule has 0 atom stereocenters. The van der Waals surface area contributed by atoms with Crippen LogP contribution in [0.3, 0.4) is 0 Å². The SMILES string of the molecule is COc1c(C)cc(C)c(CC=O)c1C. The summed E-state index contributed by atoms with van der Waals surface area (Å²) in [5.41, 5.74) is 4.45. The summed E-state index contributed by atoms with van der Waals surface area (Å²) in [7, 11) is 1.66. The molecule has 0 bridgehead atoms. The summed E-state index contributed by atoms with van der Waals surface area (Å²) in [6.07, 6.45) is 1.40. The molecule has 0 N–H and O–H groups in total. The standard InChI is InChI=1S/C12H16O2/c1-8-7-9(2)12(14-4)10(3)11(8)5-6-13/h6-7H,5H2,1-4H3. The Morgan fingerprint density at radius 3 is 2.43 bits per heavy atom. The summed E-state index contributed by atoms with van der Waals surface area (Å²) >= 11 is 0. The van der Waals surface area contributed by atoms with Crippen molar-refractivity contribution in [2.45, 2.75) is 27.2 Å². The van der Waals surface area contributed by atoms with E-state index in [2.05, 4.69) is 6.07 Å². The molecule has 1 aromatic rings. The number of hydrogen-bond acceptors (Lipinski definition) is 2. The van der Waals surface area contributed by atoms with Crippen LogP contribution < -0.4 is 4.74 Å². The Morgan fingerprint density at radius 1 is 1.29 bits per heavy atom. The quantitative estimate of drug-likeness (QED) is 0.687. The predicted octanol–water partition coefficient (Wildman–Crippen LogP) is 2.36. The van der Waals surface area contributed by atoms with Crippen LogP contribution in [0.4, 0.5) is 0 Å². The van der Waals surface area contributed by atoms with Crippen LogP contribution in [0, 0.1) is 20.8 Å². The van der Waals surface area contributed by atoms with Gasteiger partial charge in [0, 0.05) is 6.42 Å². The minimum Gasteiger partial charge on any atom is -0.496 e. The highest BCUT2D eigenvalue weighted by atomic mass is 16.5. The number of aryl methyl sites for hydroxylation is 2. The Labute approximate surface area is 84.9 Å². The van der Waals surface area contributed by atoms with Gasteiger partial charge in [0.25, 0.3) is 0 Å². The van der Waals surface area contributed by atoms with Crippen molar-refractivity contribution in [1.82, 2.24) is 0 Å². The average molecular weight is 192 g/mol. The van der Waals surface area contributed by atoms with Gasteiger partial charge in [-0.05, 0) is 43.0 Å². The minimum atomic E-state index is 0.467. The fraction of sp³-hybridized carbons (Fsp3) is 0.417. The lowest BCUT2D eigenvalue weighted by Crippen LogP contribution is -2.00. The van der Waals surface area contributed by atoms with Crippen LogP contribution in [-0.4, -0.2) is 13.4 Å². The van der Waals surface area contributed by atoms with E-state index in [1.54, 1.807) is 7.11 Å². The third-order valence-electron chi connectivity index (χ3n) is 2.55. The van der Waals surface area contributed by atoms with Gasteiger partial charge in [0.2, 0.25) is 0 Å². The fourth-order valence-corrected chi connectivity index (χ4v) is 1.92. The molecule has 0 aliphatic heterocycles. The van der Waals surface area contributed by atoms with Gasteiger partial charge in [0.15, 0.2) is 0 Å². The van der Waals surface area contributed by atoms with Crippen LogP contribution in [0.1, 0.15) is 22.3 Å². The lowest BCUT2D eigenvalue weighted by molar-refractivity contribution is -0.107. The second kappa shape index (κ2) is 4.27. The van der Waals surface area contributed by atoms with Gasteiger partial charge < -0.3 is 9.53 Å². The smallest absolute Gasteiger partial charge is 0.124 e. The highest BCUT2D eigenvalue weighted by molar-refractivity contribution is 5.60. The molecule has 0 heterocycles. The molecule has 0 saturated heterocycles. The van der Waals surface area contributed by atoms with Gasteiger partial charge in [-0.3, -0.25) is 0 Å². The Hall–Kier alpha value is -1.31. The summed E-state index contributed by atoms with van der Waals surface area (Å²) in [6, 6.07) is 2.06. The monoisotopic (exact) mass is 192 g/mol. The summed E-state index contributed by atoms with van der Waals surface area (Å²) < 4.78 is 5.30. The van der Waals surface area contributed by atoms with Crippen molar-refractivity contribution >= 4 is 6.29 Å². The van der Waals surface area contributed by atoms with Gasteiger partial charge in [0.1, 0.15) is 12.0 Å². The first-order valence-corrected chi connectivity index (χ1v) is 4.69. The van der Waals surface area contributed by atoms with E-state index in [1.165, 1.54) is 0 Å². The first-order chi connectivity index (χ1) is 6.61. The summed E-state index contributed by atoms with van der Waals surface area (Å²) in [5.74, 6) is 0.896. The maximum Gasteiger partial charge on any atom is 0.124 e. The van der Waals surface area contributed by atoms with E-state index in [-0.39, 0.29) is 0 Å². The fourth-order valence-electron chi connectivity index (χ4n) is 1.92. The van der Waals surface area contributed by atoms with Gasteiger partial charge in [-0.2, -0.15) is 0 Å². The highest BCUT2D eigenvalue weighted by Gasteiger charge is 2.10. The van der Waals surface area contributed by atoms with E-state index in [9.17, 15) is 4.79 Å². The van der Waals surface area contributed by atoms with Crippen LogP contribution in [0.2, 0.25) is 0 Å². The van der Waals surface area contributed by atoms with E-state index < -0.39 is 0 Å². The molecule has 0 fully saturated rings. The third kappa shape index (κ3) is 1.79. The lowest BCUT2D eigenvalue weighted by Gasteiger charge is -2.14. The molecule has 0 saturated carbocycles. The number of carbonyl (C=O) groups excluding carboxylic acids is 1. The first kappa shape index (κ1) is 10.8. The number of benzene rings is 1. The minimum absolute atomic E-state index is 0.467. The van der Waals surface area contributed by atoms with Gasteiger partial charge in [-0.1, -0.05) is 6.07 Å². The maximum atomic E-state index is 10.5. The van der Waals surface area contributed by atoms with Crippen LogP contribution in [-0.2, 0) is 11.2 Å². The number of aldehydes is 1. The number of carbonyl (C=O) groups is 1. The van der Waals surface area contributed by atoms with Crippen molar-refractivity contribution in [3.63, 3.8) is 0 Å². The zero-order valence-corrected chi connectivity index (χ0v) is 9.18. The Morgan fingerprint density at radius 2 is 1.93 bits per heavy atom. The molecule has 0 spiro atoms. The molecule has 0 radical (unpaired) electrons. The normalized spacial score (nSPS) is 10.0. The van der Waals surface area contributed by atoms with Crippen LogP contribution in [0.5, 0.6) is 5.75 Å². The van der Waals surface area contributed by atoms with Gasteiger partial charge >= 0.3 is 0 Å². The second-order valence-corrected chi connectivity index (χ2v) is 3.52. The molecule has 1 rings (SSSR count). The predicted molar refractivity (Wildman–Crippen MR) is 57.0 cm³/mol. The van der Waals surface area contributed by atoms with Crippen LogP contribution >= 0.6 is 0 Å². The van der Waals surface area contributed by atoms with Crippen molar-refractivity contribution in [1.29, 1.82) is 0 Å². The van der Waals surface area contributed by atoms with Crippen molar-refractivity contribution in [3.05, 3.63) is 28.3 Å². The summed E-state index contributed by atoms with van der Waals surface area (Å²) in [5, 5.41) is 0. The zero-order valence-electron chi connectivity index (χ0n) is 9.18. The summed E-state index contributed by atoms with van der Waals surface area (Å²) in [6.45, 7) is 6.04. The number of hydrogen-bond donors (Lipinski definition) is 0. The maximum absolute atomic E-state index is 10.5. The van der Waals surface area contributed by atoms with Gasteiger partial charge in [-0.25, -0.2) is 0 Å². The average Bonchev–Trinajstić information content (AvgIpc) is 2.12. The first-order valence-electron chi connectivity index (χ1n) is 4.69. The second-order valence-electron chi connectivity index (χ2n) is 3.52. The Bertz CT molecular complexity index is 354. The molecule has 1 aromatic carbocycles. The van der Waals surface area contributed by atoms with E-state index in [4.69, 9.17) is 4.74 Å². The molecule has 0 aromatic heterocycles. The molecule has 2 heteroatoms. The molecule has 0 aliphatic carbocycles. The Kier molecular flexibility index (Phi) is 3.28. The molecule has 0 unspecified atom stereocenters. The van der Waals surface area contributed by atoms with E-state index in [1.807, 2.05) is 20.8 Å². The van der Waals surface area contributed by atoms with E-state index in [0.29, 0.717) is 6.42 Å². The Balaban J connectivity index is 3.35. The molecule has 0 aliphatic rings. The zero-order chi connectivity index (χ0) is 10.7. The van der Waals surface area contributed by atoms with Crippen molar-refractivity contribution in [2.75, 3.05) is 7.11 Å². The van der Waals surface area contributed by atoms with Crippen LogP contribution in [0.15, 0.2) is 6.07 Å². The molecule has 14 heavy (non-hydrogen) atoms. The molecular weight excluding hydrogens is 176 g/mol. The van der Waals surface area contributed by atoms with Gasteiger partial charge in [-0.15, -0.1) is 0 Å². The van der Waals surface area contributed by atoms with E-state index in [0.717, 1.165) is 34.3 Å². The molecule has 2 nitrogen and oxygen atoms in total. The van der Waals surface area contributed by atoms with Crippen molar-refractivity contribution < 1.29 is 9.53 Å². The van der Waals surface area contributed by atoms with Crippen molar-refractivity contribution in [3.8, 4) is 5.75 Å². The van der Waals surface area contributed by atoms with Crippen LogP contribution in [0.25, 0.3) is 0 Å². The number of methoxy groups -OCH3 is 1. The van der Waals surface area contributed by atoms with Crippen molar-refractivity contribution in [2.24, 2.45) is 0 Å². The summed E-state index contributed by atoms with van der Waals surface area (Å²) in [4.78, 5) is 10.5. The molecular formula is C12H16O2. The lowest BCUT2D eigenvalue weighted by atomic mass is 9.96. The molecule has 76 valence electrons. The number of ether oxygens (including phenoxy) is 1.